The van der Waals surface area contributed by atoms with E-state index in [4.69, 9.17) is 0 Å². The number of rotatable bonds is 5. The number of carbonyl (C=O) groups is 1. The molecule has 1 saturated carbocycles. The van der Waals surface area contributed by atoms with E-state index in [-0.39, 0.29) is 17.9 Å². The highest BCUT2D eigenvalue weighted by atomic mass is 16.3. The summed E-state index contributed by atoms with van der Waals surface area (Å²) in [4.78, 5) is 12.8. The molecule has 3 aromatic rings. The van der Waals surface area contributed by atoms with Gasteiger partial charge in [0.05, 0.1) is 35.8 Å². The molecule has 8 heteroatoms. The second-order valence-corrected chi connectivity index (χ2v) is 6.58. The van der Waals surface area contributed by atoms with E-state index in [2.05, 4.69) is 20.7 Å². The lowest BCUT2D eigenvalue weighted by atomic mass is 10.1. The number of benzene rings is 1. The largest absolute Gasteiger partial charge is 0.391 e. The first kappa shape index (κ1) is 16.5. The molecule has 1 amide bonds. The van der Waals surface area contributed by atoms with Gasteiger partial charge in [-0.25, -0.2) is 4.68 Å². The lowest BCUT2D eigenvalue weighted by Gasteiger charge is -2.17. The molecule has 2 aromatic heterocycles. The van der Waals surface area contributed by atoms with Gasteiger partial charge in [-0.2, -0.15) is 5.10 Å². The molecule has 26 heavy (non-hydrogen) atoms. The van der Waals surface area contributed by atoms with Gasteiger partial charge in [0.1, 0.15) is 0 Å². The molecule has 2 N–H and O–H groups in total. The molecule has 3 atom stereocenters. The zero-order chi connectivity index (χ0) is 17.9. The quantitative estimate of drug-likeness (QED) is 0.715. The van der Waals surface area contributed by atoms with Crippen LogP contribution in [-0.4, -0.2) is 47.9 Å². The molecule has 134 valence electrons. The Morgan fingerprint density at radius 2 is 2.08 bits per heavy atom. The normalized spacial score (nSPS) is 22.4. The molecule has 1 aromatic carbocycles. The van der Waals surface area contributed by atoms with Crippen LogP contribution in [0.1, 0.15) is 23.2 Å². The first-order chi connectivity index (χ1) is 12.7. The van der Waals surface area contributed by atoms with Crippen molar-refractivity contribution in [2.75, 3.05) is 0 Å². The van der Waals surface area contributed by atoms with Crippen LogP contribution >= 0.6 is 0 Å². The molecular formula is C18H20N6O2. The van der Waals surface area contributed by atoms with E-state index < -0.39 is 6.10 Å². The van der Waals surface area contributed by atoms with Gasteiger partial charge in [-0.15, -0.1) is 5.10 Å². The van der Waals surface area contributed by atoms with Crippen molar-refractivity contribution in [3.05, 3.63) is 60.7 Å². The number of aliphatic hydroxyl groups is 1. The summed E-state index contributed by atoms with van der Waals surface area (Å²) in [5.41, 5.74) is 1.16. The van der Waals surface area contributed by atoms with E-state index in [1.807, 2.05) is 29.1 Å². The second kappa shape index (κ2) is 7.09. The SMILES string of the molecule is O=C(N[C@@H]1CC(Cn2cccn2)C[C@H]1O)c1ccccc1-n1ccnn1. The Labute approximate surface area is 150 Å². The molecule has 1 fully saturated rings. The second-order valence-electron chi connectivity index (χ2n) is 6.58. The first-order valence-electron chi connectivity index (χ1n) is 8.63. The van der Waals surface area contributed by atoms with Crippen LogP contribution in [0.2, 0.25) is 0 Å². The Hall–Kier alpha value is -3.00. The van der Waals surface area contributed by atoms with Crippen molar-refractivity contribution in [3.63, 3.8) is 0 Å². The highest BCUT2D eigenvalue weighted by Gasteiger charge is 2.34. The number of hydrogen-bond acceptors (Lipinski definition) is 5. The van der Waals surface area contributed by atoms with Gasteiger partial charge in [0, 0.05) is 18.9 Å². The monoisotopic (exact) mass is 352 g/mol. The van der Waals surface area contributed by atoms with Crippen LogP contribution in [0.15, 0.2) is 55.1 Å². The van der Waals surface area contributed by atoms with E-state index in [1.54, 1.807) is 35.4 Å². The molecular weight excluding hydrogens is 332 g/mol. The van der Waals surface area contributed by atoms with Crippen LogP contribution in [0.4, 0.5) is 0 Å². The van der Waals surface area contributed by atoms with E-state index in [1.165, 1.54) is 0 Å². The van der Waals surface area contributed by atoms with Crippen molar-refractivity contribution in [2.24, 2.45) is 5.92 Å². The summed E-state index contributed by atoms with van der Waals surface area (Å²) in [6.07, 6.45) is 7.72. The highest BCUT2D eigenvalue weighted by molar-refractivity contribution is 5.97. The standard InChI is InChI=1S/C18H20N6O2/c25-17-11-13(12-23-8-3-6-20-23)10-15(17)21-18(26)14-4-1-2-5-16(14)24-9-7-19-22-24/h1-9,13,15,17,25H,10-12H2,(H,21,26)/t13?,15-,17-/m1/s1. The van der Waals surface area contributed by atoms with Crippen LogP contribution in [0.25, 0.3) is 5.69 Å². The number of carbonyl (C=O) groups excluding carboxylic acids is 1. The maximum atomic E-state index is 12.8. The Bertz CT molecular complexity index is 862. The van der Waals surface area contributed by atoms with Gasteiger partial charge >= 0.3 is 0 Å². The average Bonchev–Trinajstić information content (AvgIpc) is 3.39. The summed E-state index contributed by atoms with van der Waals surface area (Å²) < 4.78 is 3.42. The molecule has 1 unspecified atom stereocenters. The van der Waals surface area contributed by atoms with Crippen LogP contribution in [-0.2, 0) is 6.54 Å². The third kappa shape index (κ3) is 3.36. The van der Waals surface area contributed by atoms with Gasteiger partial charge in [-0.3, -0.25) is 9.48 Å². The predicted octanol–water partition coefficient (Wildman–Crippen LogP) is 1.03. The number of hydrogen-bond donors (Lipinski definition) is 2. The predicted molar refractivity (Wildman–Crippen MR) is 93.6 cm³/mol. The van der Waals surface area contributed by atoms with Crippen molar-refractivity contribution in [1.82, 2.24) is 30.1 Å². The number of nitrogens with one attached hydrogen (secondary N) is 1. The minimum atomic E-state index is -0.557. The Balaban J connectivity index is 1.45. The fourth-order valence-electron chi connectivity index (χ4n) is 3.54. The Morgan fingerprint density at radius 3 is 2.85 bits per heavy atom. The van der Waals surface area contributed by atoms with Crippen LogP contribution in [0.5, 0.6) is 0 Å². The van der Waals surface area contributed by atoms with Crippen molar-refractivity contribution in [3.8, 4) is 5.69 Å². The van der Waals surface area contributed by atoms with Gasteiger partial charge in [0.2, 0.25) is 0 Å². The summed E-state index contributed by atoms with van der Waals surface area (Å²) in [6.45, 7) is 0.742. The molecule has 1 aliphatic rings. The van der Waals surface area contributed by atoms with Crippen molar-refractivity contribution in [1.29, 1.82) is 0 Å². The molecule has 0 radical (unpaired) electrons. The number of amides is 1. The topological polar surface area (TPSA) is 97.9 Å². The Morgan fingerprint density at radius 1 is 1.19 bits per heavy atom. The maximum Gasteiger partial charge on any atom is 0.253 e. The highest BCUT2D eigenvalue weighted by Crippen LogP contribution is 2.28. The number of aromatic nitrogens is 5. The van der Waals surface area contributed by atoms with Crippen LogP contribution < -0.4 is 5.32 Å². The molecule has 2 heterocycles. The van der Waals surface area contributed by atoms with E-state index in [9.17, 15) is 9.90 Å². The van der Waals surface area contributed by atoms with E-state index >= 15 is 0 Å². The summed E-state index contributed by atoms with van der Waals surface area (Å²) in [5, 5.41) is 25.3. The lowest BCUT2D eigenvalue weighted by molar-refractivity contribution is 0.0872. The van der Waals surface area contributed by atoms with Gasteiger partial charge < -0.3 is 10.4 Å². The zero-order valence-electron chi connectivity index (χ0n) is 14.1. The summed E-state index contributed by atoms with van der Waals surface area (Å²) in [5.74, 6) is 0.0562. The van der Waals surface area contributed by atoms with Crippen molar-refractivity contribution < 1.29 is 9.90 Å². The number of nitrogens with zero attached hydrogens (tertiary/aromatic N) is 5. The minimum Gasteiger partial charge on any atom is -0.391 e. The van der Waals surface area contributed by atoms with Crippen LogP contribution in [0, 0.1) is 5.92 Å². The average molecular weight is 352 g/mol. The fourth-order valence-corrected chi connectivity index (χ4v) is 3.54. The van der Waals surface area contributed by atoms with Gasteiger partial charge in [-0.05, 0) is 37.0 Å². The van der Waals surface area contributed by atoms with E-state index in [0.29, 0.717) is 17.7 Å². The summed E-state index contributed by atoms with van der Waals surface area (Å²) in [6, 6.07) is 8.82. The molecule has 0 bridgehead atoms. The summed E-state index contributed by atoms with van der Waals surface area (Å²) in [7, 11) is 0. The van der Waals surface area contributed by atoms with Gasteiger partial charge in [0.15, 0.2) is 0 Å². The molecule has 0 saturated heterocycles. The number of para-hydroxylation sites is 1. The first-order valence-corrected chi connectivity index (χ1v) is 8.63. The van der Waals surface area contributed by atoms with E-state index in [0.717, 1.165) is 13.0 Å². The third-order valence-electron chi connectivity index (χ3n) is 4.77. The smallest absolute Gasteiger partial charge is 0.253 e. The lowest BCUT2D eigenvalue weighted by Crippen LogP contribution is -2.40. The molecule has 4 rings (SSSR count). The molecule has 8 nitrogen and oxygen atoms in total. The minimum absolute atomic E-state index is 0.222. The third-order valence-corrected chi connectivity index (χ3v) is 4.77. The molecule has 0 aliphatic heterocycles. The zero-order valence-corrected chi connectivity index (χ0v) is 14.1. The van der Waals surface area contributed by atoms with Crippen molar-refractivity contribution in [2.45, 2.75) is 31.5 Å². The van der Waals surface area contributed by atoms with Gasteiger partial charge in [0.25, 0.3) is 5.91 Å². The summed E-state index contributed by atoms with van der Waals surface area (Å²) >= 11 is 0. The fraction of sp³-hybridized carbons (Fsp3) is 0.333. The number of aliphatic hydroxyl groups excluding tert-OH is 1. The maximum absolute atomic E-state index is 12.8. The van der Waals surface area contributed by atoms with Crippen LogP contribution in [0.3, 0.4) is 0 Å². The van der Waals surface area contributed by atoms with Crippen molar-refractivity contribution >= 4 is 5.91 Å². The Kier molecular flexibility index (Phi) is 4.49. The van der Waals surface area contributed by atoms with Gasteiger partial charge in [-0.1, -0.05) is 17.3 Å². The molecule has 0 spiro atoms. The molecule has 1 aliphatic carbocycles.